The van der Waals surface area contributed by atoms with E-state index in [-0.39, 0.29) is 30.0 Å². The van der Waals surface area contributed by atoms with Crippen LogP contribution in [0.3, 0.4) is 0 Å². The predicted molar refractivity (Wildman–Crippen MR) is 70.7 cm³/mol. The number of amides is 1. The van der Waals surface area contributed by atoms with Gasteiger partial charge in [0.1, 0.15) is 11.6 Å². The third-order valence-electron chi connectivity index (χ3n) is 2.19. The van der Waals surface area contributed by atoms with Gasteiger partial charge in [0, 0.05) is 18.0 Å². The summed E-state index contributed by atoms with van der Waals surface area (Å²) in [5.41, 5.74) is -0.222. The van der Waals surface area contributed by atoms with Crippen LogP contribution in [0.25, 0.3) is 0 Å². The fourth-order valence-corrected chi connectivity index (χ4v) is 1.38. The second-order valence-corrected chi connectivity index (χ2v) is 4.75. The molecule has 0 aromatic carbocycles. The minimum absolute atomic E-state index is 0.0951. The molecule has 0 radical (unpaired) electrons. The molecule has 1 heterocycles. The highest BCUT2D eigenvalue weighted by Crippen LogP contribution is 2.08. The van der Waals surface area contributed by atoms with Gasteiger partial charge < -0.3 is 15.6 Å². The van der Waals surface area contributed by atoms with E-state index in [9.17, 15) is 9.59 Å². The van der Waals surface area contributed by atoms with Gasteiger partial charge in [0.25, 0.3) is 5.56 Å². The Morgan fingerprint density at radius 3 is 2.61 bits per heavy atom. The van der Waals surface area contributed by atoms with Crippen molar-refractivity contribution in [3.8, 4) is 0 Å². The summed E-state index contributed by atoms with van der Waals surface area (Å²) in [6, 6.07) is 1.44. The van der Waals surface area contributed by atoms with Gasteiger partial charge in [0.2, 0.25) is 5.91 Å². The van der Waals surface area contributed by atoms with Crippen LogP contribution in [-0.4, -0.2) is 28.5 Å². The molecule has 0 aliphatic carbocycles. The van der Waals surface area contributed by atoms with Crippen molar-refractivity contribution in [2.45, 2.75) is 39.7 Å². The molecule has 0 saturated heterocycles. The first kappa shape index (κ1) is 14.2. The predicted octanol–water partition coefficient (Wildman–Crippen LogP) is 0.830. The number of anilines is 1. The monoisotopic (exact) mass is 252 g/mol. The van der Waals surface area contributed by atoms with E-state index in [2.05, 4.69) is 20.6 Å². The van der Waals surface area contributed by atoms with Crippen LogP contribution in [0.4, 0.5) is 5.82 Å². The molecule has 1 rings (SSSR count). The molecule has 6 nitrogen and oxygen atoms in total. The lowest BCUT2D eigenvalue weighted by Gasteiger charge is -2.10. The number of hydrogen-bond donors (Lipinski definition) is 3. The Balaban J connectivity index is 2.68. The molecule has 3 N–H and O–H groups in total. The molecule has 1 aromatic rings. The van der Waals surface area contributed by atoms with Gasteiger partial charge in [-0.15, -0.1) is 0 Å². The van der Waals surface area contributed by atoms with E-state index in [1.165, 1.54) is 6.07 Å². The molecule has 0 aliphatic rings. The van der Waals surface area contributed by atoms with Crippen LogP contribution < -0.4 is 16.2 Å². The minimum atomic E-state index is -0.222. The molecular weight excluding hydrogens is 232 g/mol. The molecule has 0 unspecified atom stereocenters. The minimum Gasteiger partial charge on any atom is -0.361 e. The number of nitrogens with zero attached hydrogens (tertiary/aromatic N) is 1. The summed E-state index contributed by atoms with van der Waals surface area (Å²) in [4.78, 5) is 29.7. The lowest BCUT2D eigenvalue weighted by Crippen LogP contribution is -2.35. The summed E-state index contributed by atoms with van der Waals surface area (Å²) < 4.78 is 0. The van der Waals surface area contributed by atoms with E-state index >= 15 is 0 Å². The molecule has 0 spiro atoms. The van der Waals surface area contributed by atoms with Gasteiger partial charge in [0.05, 0.1) is 6.54 Å². The van der Waals surface area contributed by atoms with Crippen LogP contribution in [0.5, 0.6) is 0 Å². The Kier molecular flexibility index (Phi) is 4.88. The van der Waals surface area contributed by atoms with Crippen molar-refractivity contribution >= 4 is 11.7 Å². The van der Waals surface area contributed by atoms with Crippen molar-refractivity contribution in [3.63, 3.8) is 0 Å². The zero-order valence-corrected chi connectivity index (χ0v) is 11.2. The number of rotatable bonds is 5. The third kappa shape index (κ3) is 4.57. The third-order valence-corrected chi connectivity index (χ3v) is 2.19. The molecule has 6 heteroatoms. The Morgan fingerprint density at radius 2 is 2.06 bits per heavy atom. The van der Waals surface area contributed by atoms with Crippen LogP contribution in [0.1, 0.15) is 39.4 Å². The van der Waals surface area contributed by atoms with Gasteiger partial charge in [-0.1, -0.05) is 13.8 Å². The van der Waals surface area contributed by atoms with Crippen molar-refractivity contribution in [2.75, 3.05) is 11.9 Å². The molecular formula is C12H20N4O2. The normalized spacial score (nSPS) is 10.8. The maximum atomic E-state index is 11.4. The Hall–Kier alpha value is -1.85. The fraction of sp³-hybridized carbons (Fsp3) is 0.583. The van der Waals surface area contributed by atoms with Gasteiger partial charge in [0.15, 0.2) is 0 Å². The summed E-state index contributed by atoms with van der Waals surface area (Å²) in [6.45, 7) is 7.76. The summed E-state index contributed by atoms with van der Waals surface area (Å²) in [7, 11) is 0. The average molecular weight is 252 g/mol. The number of aromatic amines is 1. The van der Waals surface area contributed by atoms with Gasteiger partial charge in [-0.2, -0.15) is 0 Å². The summed E-state index contributed by atoms with van der Waals surface area (Å²) in [5.74, 6) is 1.03. The zero-order chi connectivity index (χ0) is 13.7. The zero-order valence-electron chi connectivity index (χ0n) is 11.2. The Bertz CT molecular complexity index is 465. The number of nitrogens with one attached hydrogen (secondary N) is 3. The van der Waals surface area contributed by atoms with Crippen molar-refractivity contribution in [1.29, 1.82) is 0 Å². The number of carbonyl (C=O) groups is 1. The molecule has 0 aliphatic heterocycles. The average Bonchev–Trinajstić information content (AvgIpc) is 2.24. The first-order chi connectivity index (χ1) is 8.38. The van der Waals surface area contributed by atoms with Crippen LogP contribution >= 0.6 is 0 Å². The summed E-state index contributed by atoms with van der Waals surface area (Å²) >= 11 is 0. The molecule has 0 bridgehead atoms. The highest BCUT2D eigenvalue weighted by molar-refractivity contribution is 5.80. The van der Waals surface area contributed by atoms with Crippen molar-refractivity contribution in [3.05, 3.63) is 22.2 Å². The molecule has 100 valence electrons. The van der Waals surface area contributed by atoms with Crippen molar-refractivity contribution in [1.82, 2.24) is 15.3 Å². The van der Waals surface area contributed by atoms with Gasteiger partial charge in [-0.05, 0) is 13.8 Å². The molecule has 1 amide bonds. The summed E-state index contributed by atoms with van der Waals surface area (Å²) in [6.07, 6.45) is 0. The van der Waals surface area contributed by atoms with Crippen LogP contribution in [0.15, 0.2) is 10.9 Å². The maximum absolute atomic E-state index is 11.4. The lowest BCUT2D eigenvalue weighted by molar-refractivity contribution is -0.119. The largest absolute Gasteiger partial charge is 0.361 e. The maximum Gasteiger partial charge on any atom is 0.252 e. The first-order valence-corrected chi connectivity index (χ1v) is 6.03. The van der Waals surface area contributed by atoms with Gasteiger partial charge in [-0.25, -0.2) is 4.98 Å². The molecule has 0 fully saturated rings. The van der Waals surface area contributed by atoms with E-state index in [0.29, 0.717) is 11.6 Å². The van der Waals surface area contributed by atoms with E-state index < -0.39 is 0 Å². The standard InChI is InChI=1S/C12H20N4O2/c1-7(2)12-15-9(5-10(17)16-12)13-6-11(18)14-8(3)4/h5,7-8H,6H2,1-4H3,(H,14,18)(H2,13,15,16,17). The topological polar surface area (TPSA) is 86.9 Å². The van der Waals surface area contributed by atoms with Crippen molar-refractivity contribution in [2.24, 2.45) is 0 Å². The molecule has 0 atom stereocenters. The van der Waals surface area contributed by atoms with E-state index in [1.54, 1.807) is 0 Å². The Morgan fingerprint density at radius 1 is 1.39 bits per heavy atom. The van der Waals surface area contributed by atoms with Crippen LogP contribution in [0, 0.1) is 0 Å². The van der Waals surface area contributed by atoms with E-state index in [4.69, 9.17) is 0 Å². The quantitative estimate of drug-likeness (QED) is 0.724. The number of hydrogen-bond acceptors (Lipinski definition) is 4. The van der Waals surface area contributed by atoms with E-state index in [1.807, 2.05) is 27.7 Å². The smallest absolute Gasteiger partial charge is 0.252 e. The summed E-state index contributed by atoms with van der Waals surface area (Å²) in [5, 5.41) is 5.59. The molecule has 18 heavy (non-hydrogen) atoms. The SMILES string of the molecule is CC(C)NC(=O)CNc1cc(=O)[nH]c(C(C)C)n1. The highest BCUT2D eigenvalue weighted by Gasteiger charge is 2.07. The Labute approximate surface area is 106 Å². The molecule has 1 aromatic heterocycles. The van der Waals surface area contributed by atoms with Crippen LogP contribution in [-0.2, 0) is 4.79 Å². The van der Waals surface area contributed by atoms with Gasteiger partial charge in [-0.3, -0.25) is 9.59 Å². The van der Waals surface area contributed by atoms with Crippen LogP contribution in [0.2, 0.25) is 0 Å². The van der Waals surface area contributed by atoms with E-state index in [0.717, 1.165) is 0 Å². The fourth-order valence-electron chi connectivity index (χ4n) is 1.38. The second kappa shape index (κ2) is 6.18. The first-order valence-electron chi connectivity index (χ1n) is 6.03. The van der Waals surface area contributed by atoms with Gasteiger partial charge >= 0.3 is 0 Å². The van der Waals surface area contributed by atoms with Crippen molar-refractivity contribution < 1.29 is 4.79 Å². The number of H-pyrrole nitrogens is 1. The number of aromatic nitrogens is 2. The lowest BCUT2D eigenvalue weighted by atomic mass is 10.2. The number of carbonyl (C=O) groups excluding carboxylic acids is 1. The highest BCUT2D eigenvalue weighted by atomic mass is 16.2. The molecule has 0 saturated carbocycles. The second-order valence-electron chi connectivity index (χ2n) is 4.75.